The molecule has 1 aromatic rings. The molecule has 1 heterocycles. The van der Waals surface area contributed by atoms with E-state index in [4.69, 9.17) is 28.1 Å². The summed E-state index contributed by atoms with van der Waals surface area (Å²) in [6.45, 7) is 0.163. The molecule has 0 aromatic heterocycles. The fourth-order valence-corrected chi connectivity index (χ4v) is 2.00. The van der Waals surface area contributed by atoms with Gasteiger partial charge in [0.25, 0.3) is 5.91 Å². The summed E-state index contributed by atoms with van der Waals surface area (Å²) >= 11 is 5.02. The summed E-state index contributed by atoms with van der Waals surface area (Å²) in [5.74, 6) is 3.31. The van der Waals surface area contributed by atoms with Crippen LogP contribution in [0.2, 0.25) is 0 Å². The Hall–Kier alpha value is -2.52. The average Bonchev–Trinajstić information content (AvgIpc) is 2.73. The Kier molecular flexibility index (Phi) is 4.45. The zero-order valence-electron chi connectivity index (χ0n) is 11.7. The largest absolute Gasteiger partial charge is 0.493 e. The lowest BCUT2D eigenvalue weighted by atomic mass is 10.1. The number of nitrogens with one attached hydrogen (secondary N) is 1. The highest BCUT2D eigenvalue weighted by atomic mass is 32.1. The molecule has 5 nitrogen and oxygen atoms in total. The Morgan fingerprint density at radius 2 is 2.24 bits per heavy atom. The molecule has 1 aliphatic heterocycles. The van der Waals surface area contributed by atoms with E-state index in [2.05, 4.69) is 11.2 Å². The monoisotopic (exact) mass is 302 g/mol. The number of likely N-dealkylation sites (N-methyl/N-ethyl adjacent to an activating group) is 1. The number of hydrogen-bond acceptors (Lipinski definition) is 4. The van der Waals surface area contributed by atoms with E-state index in [1.165, 1.54) is 12.0 Å². The van der Waals surface area contributed by atoms with Gasteiger partial charge in [-0.2, -0.15) is 0 Å². The van der Waals surface area contributed by atoms with Gasteiger partial charge in [-0.25, -0.2) is 0 Å². The predicted molar refractivity (Wildman–Crippen MR) is 83.8 cm³/mol. The molecule has 0 bridgehead atoms. The van der Waals surface area contributed by atoms with Crippen LogP contribution in [-0.4, -0.2) is 36.7 Å². The van der Waals surface area contributed by atoms with Crippen molar-refractivity contribution in [2.75, 3.05) is 20.8 Å². The van der Waals surface area contributed by atoms with Gasteiger partial charge < -0.3 is 14.8 Å². The van der Waals surface area contributed by atoms with Gasteiger partial charge in [0.2, 0.25) is 0 Å². The molecule has 0 saturated carbocycles. The van der Waals surface area contributed by atoms with Crippen molar-refractivity contribution in [1.82, 2.24) is 10.2 Å². The number of benzene rings is 1. The van der Waals surface area contributed by atoms with Crippen molar-refractivity contribution in [3.05, 3.63) is 29.5 Å². The maximum Gasteiger partial charge on any atom is 0.276 e. The van der Waals surface area contributed by atoms with E-state index in [1.54, 1.807) is 31.3 Å². The topological polar surface area (TPSA) is 50.8 Å². The molecule has 1 N–H and O–H groups in total. The van der Waals surface area contributed by atoms with E-state index < -0.39 is 0 Å². The second-order valence-electron chi connectivity index (χ2n) is 4.26. The third-order valence-electron chi connectivity index (χ3n) is 2.89. The first-order valence-electron chi connectivity index (χ1n) is 6.12. The third-order valence-corrected chi connectivity index (χ3v) is 3.27. The van der Waals surface area contributed by atoms with Gasteiger partial charge in [-0.05, 0) is 36.0 Å². The molecule has 0 atom stereocenters. The summed E-state index contributed by atoms with van der Waals surface area (Å²) in [6.07, 6.45) is 6.86. The first-order chi connectivity index (χ1) is 10.1. The van der Waals surface area contributed by atoms with Gasteiger partial charge in [-0.3, -0.25) is 9.69 Å². The smallest absolute Gasteiger partial charge is 0.276 e. The van der Waals surface area contributed by atoms with Crippen LogP contribution in [0.5, 0.6) is 11.5 Å². The Morgan fingerprint density at radius 3 is 2.81 bits per heavy atom. The zero-order valence-corrected chi connectivity index (χ0v) is 12.5. The highest BCUT2D eigenvalue weighted by Crippen LogP contribution is 2.29. The number of nitrogens with zero attached hydrogens (tertiary/aromatic N) is 1. The van der Waals surface area contributed by atoms with Gasteiger partial charge in [0.1, 0.15) is 12.3 Å². The number of ether oxygens (including phenoxy) is 2. The van der Waals surface area contributed by atoms with Gasteiger partial charge in [0.15, 0.2) is 16.6 Å². The summed E-state index contributed by atoms with van der Waals surface area (Å²) < 4.78 is 10.6. The van der Waals surface area contributed by atoms with Crippen LogP contribution in [-0.2, 0) is 4.79 Å². The summed E-state index contributed by atoms with van der Waals surface area (Å²) in [7, 11) is 3.16. The van der Waals surface area contributed by atoms with E-state index in [0.717, 1.165) is 5.56 Å². The van der Waals surface area contributed by atoms with E-state index in [1.807, 2.05) is 0 Å². The van der Waals surface area contributed by atoms with Gasteiger partial charge in [-0.1, -0.05) is 12.0 Å². The third kappa shape index (κ3) is 3.15. The first kappa shape index (κ1) is 14.9. The number of terminal acetylenes is 1. The molecule has 1 aliphatic rings. The molecular weight excluding hydrogens is 288 g/mol. The van der Waals surface area contributed by atoms with Crippen molar-refractivity contribution in [2.24, 2.45) is 0 Å². The first-order valence-corrected chi connectivity index (χ1v) is 6.52. The number of hydrogen-bond donors (Lipinski definition) is 1. The van der Waals surface area contributed by atoms with E-state index in [0.29, 0.717) is 22.3 Å². The highest BCUT2D eigenvalue weighted by Gasteiger charge is 2.26. The van der Waals surface area contributed by atoms with Gasteiger partial charge in [0, 0.05) is 7.05 Å². The van der Waals surface area contributed by atoms with Crippen molar-refractivity contribution in [2.45, 2.75) is 0 Å². The van der Waals surface area contributed by atoms with E-state index in [-0.39, 0.29) is 12.5 Å². The van der Waals surface area contributed by atoms with Gasteiger partial charge in [-0.15, -0.1) is 6.42 Å². The predicted octanol–water partition coefficient (Wildman–Crippen LogP) is 1.39. The molecule has 6 heteroatoms. The maximum absolute atomic E-state index is 11.9. The van der Waals surface area contributed by atoms with Crippen LogP contribution in [0.1, 0.15) is 5.56 Å². The lowest BCUT2D eigenvalue weighted by molar-refractivity contribution is -0.121. The van der Waals surface area contributed by atoms with Crippen molar-refractivity contribution in [3.8, 4) is 23.8 Å². The number of thiocarbonyl (C=S) groups is 1. The molecule has 21 heavy (non-hydrogen) atoms. The molecule has 0 radical (unpaired) electrons. The Labute approximate surface area is 128 Å². The van der Waals surface area contributed by atoms with Crippen LogP contribution in [0.15, 0.2) is 23.9 Å². The van der Waals surface area contributed by atoms with Crippen LogP contribution in [0.3, 0.4) is 0 Å². The summed E-state index contributed by atoms with van der Waals surface area (Å²) in [6, 6.07) is 5.30. The highest BCUT2D eigenvalue weighted by molar-refractivity contribution is 7.80. The normalized spacial score (nSPS) is 15.9. The van der Waals surface area contributed by atoms with Crippen LogP contribution in [0, 0.1) is 12.3 Å². The quantitative estimate of drug-likeness (QED) is 0.517. The minimum Gasteiger partial charge on any atom is -0.493 e. The van der Waals surface area contributed by atoms with Gasteiger partial charge in [0.05, 0.1) is 7.11 Å². The maximum atomic E-state index is 11.9. The Balaban J connectivity index is 2.28. The molecule has 0 aliphatic carbocycles. The number of methoxy groups -OCH3 is 1. The SMILES string of the molecule is C#CCOc1ccc(C=C2NC(=S)N(C)C2=O)cc1OC. The fraction of sp³-hybridized carbons (Fsp3) is 0.200. The fourth-order valence-electron chi connectivity index (χ4n) is 1.80. The second-order valence-corrected chi connectivity index (χ2v) is 4.64. The molecule has 108 valence electrons. The Bertz CT molecular complexity index is 661. The molecule has 2 rings (SSSR count). The lowest BCUT2D eigenvalue weighted by Gasteiger charge is -2.09. The van der Waals surface area contributed by atoms with Crippen LogP contribution in [0.25, 0.3) is 6.08 Å². The number of carbonyl (C=O) groups excluding carboxylic acids is 1. The minimum atomic E-state index is -0.174. The molecular formula is C15H14N2O3S. The molecule has 1 aromatic carbocycles. The van der Waals surface area contributed by atoms with E-state index >= 15 is 0 Å². The van der Waals surface area contributed by atoms with E-state index in [9.17, 15) is 4.79 Å². The van der Waals surface area contributed by atoms with Gasteiger partial charge >= 0.3 is 0 Å². The van der Waals surface area contributed by atoms with Crippen molar-refractivity contribution in [1.29, 1.82) is 0 Å². The summed E-state index contributed by atoms with van der Waals surface area (Å²) in [5, 5.41) is 3.24. The van der Waals surface area contributed by atoms with Crippen LogP contribution in [0.4, 0.5) is 0 Å². The standard InChI is InChI=1S/C15H14N2O3S/c1-4-7-20-12-6-5-10(9-13(12)19-3)8-11-14(18)17(2)15(21)16-11/h1,5-6,8-9H,7H2,2-3H3,(H,16,21). The van der Waals surface area contributed by atoms with Crippen molar-refractivity contribution in [3.63, 3.8) is 0 Å². The number of rotatable bonds is 4. The molecule has 1 saturated heterocycles. The Morgan fingerprint density at radius 1 is 1.48 bits per heavy atom. The molecule has 1 fully saturated rings. The minimum absolute atomic E-state index is 0.163. The average molecular weight is 302 g/mol. The summed E-state index contributed by atoms with van der Waals surface area (Å²) in [4.78, 5) is 13.3. The second kappa shape index (κ2) is 6.29. The number of carbonyl (C=O) groups is 1. The molecule has 0 spiro atoms. The molecule has 0 unspecified atom stereocenters. The lowest BCUT2D eigenvalue weighted by Crippen LogP contribution is -2.25. The van der Waals surface area contributed by atoms with Crippen LogP contribution >= 0.6 is 12.2 Å². The van der Waals surface area contributed by atoms with Crippen molar-refractivity contribution >= 4 is 29.3 Å². The van der Waals surface area contributed by atoms with Crippen molar-refractivity contribution < 1.29 is 14.3 Å². The van der Waals surface area contributed by atoms with Crippen LogP contribution < -0.4 is 14.8 Å². The number of amides is 1. The zero-order chi connectivity index (χ0) is 15.4. The summed E-state index contributed by atoms with van der Waals surface area (Å²) in [5.41, 5.74) is 1.20. The molecule has 1 amide bonds.